The molecule has 1 heterocycles. The lowest BCUT2D eigenvalue weighted by Gasteiger charge is -2.25. The maximum atomic E-state index is 13.1. The normalized spacial score (nSPS) is 13.1. The predicted octanol–water partition coefficient (Wildman–Crippen LogP) is 3.85. The highest BCUT2D eigenvalue weighted by Crippen LogP contribution is 2.20. The Labute approximate surface area is 230 Å². The summed E-state index contributed by atoms with van der Waals surface area (Å²) >= 11 is 0. The zero-order valence-corrected chi connectivity index (χ0v) is 23.5. The van der Waals surface area contributed by atoms with Gasteiger partial charge in [-0.3, -0.25) is 9.10 Å². The van der Waals surface area contributed by atoms with Crippen molar-refractivity contribution < 1.29 is 22.3 Å². The van der Waals surface area contributed by atoms with Crippen LogP contribution in [0.5, 0.6) is 0 Å². The number of pyridine rings is 1. The van der Waals surface area contributed by atoms with Gasteiger partial charge in [0.05, 0.1) is 19.5 Å². The standard InChI is InChI=1S/C29H37FN4O4S/c1-4-16-34(39(3,36)37)27-18-24(20-38-21-29(2,31)19-23-8-6-5-7-9-23)17-26(33-27)28(35)32-15-14-22-10-12-25(30)13-11-22/h5-13,17-18H,4,14-16,19-21,31H2,1-3H3,(H,32,35). The van der Waals surface area contributed by atoms with Gasteiger partial charge in [-0.15, -0.1) is 0 Å². The molecule has 3 aromatic rings. The van der Waals surface area contributed by atoms with Crippen molar-refractivity contribution in [1.29, 1.82) is 0 Å². The van der Waals surface area contributed by atoms with Crippen LogP contribution in [-0.2, 0) is 34.2 Å². The van der Waals surface area contributed by atoms with E-state index in [2.05, 4.69) is 10.3 Å². The van der Waals surface area contributed by atoms with Crippen molar-refractivity contribution in [3.8, 4) is 0 Å². The van der Waals surface area contributed by atoms with E-state index in [9.17, 15) is 17.6 Å². The van der Waals surface area contributed by atoms with Crippen molar-refractivity contribution in [2.24, 2.45) is 5.73 Å². The number of anilines is 1. The smallest absolute Gasteiger partial charge is 0.269 e. The summed E-state index contributed by atoms with van der Waals surface area (Å²) in [5, 5.41) is 2.81. The molecule has 0 aliphatic rings. The molecule has 1 unspecified atom stereocenters. The van der Waals surface area contributed by atoms with Gasteiger partial charge in [0.2, 0.25) is 10.0 Å². The predicted molar refractivity (Wildman–Crippen MR) is 152 cm³/mol. The molecule has 3 N–H and O–H groups in total. The van der Waals surface area contributed by atoms with Crippen molar-refractivity contribution in [2.45, 2.75) is 45.3 Å². The molecule has 39 heavy (non-hydrogen) atoms. The lowest BCUT2D eigenvalue weighted by atomic mass is 9.95. The molecular weight excluding hydrogens is 519 g/mol. The van der Waals surface area contributed by atoms with Crippen molar-refractivity contribution in [3.05, 3.63) is 94.9 Å². The van der Waals surface area contributed by atoms with Gasteiger partial charge in [-0.1, -0.05) is 49.4 Å². The van der Waals surface area contributed by atoms with Gasteiger partial charge in [0, 0.05) is 18.6 Å². The summed E-state index contributed by atoms with van der Waals surface area (Å²) < 4.78 is 45.3. The molecular formula is C29H37FN4O4S. The first kappa shape index (κ1) is 30.2. The highest BCUT2D eigenvalue weighted by Gasteiger charge is 2.22. The highest BCUT2D eigenvalue weighted by molar-refractivity contribution is 7.92. The van der Waals surface area contributed by atoms with Crippen LogP contribution >= 0.6 is 0 Å². The van der Waals surface area contributed by atoms with Crippen LogP contribution in [0.15, 0.2) is 66.7 Å². The molecule has 0 aliphatic carbocycles. The third-order valence-electron chi connectivity index (χ3n) is 5.95. The molecule has 210 valence electrons. The molecule has 1 amide bonds. The zero-order chi connectivity index (χ0) is 28.5. The molecule has 0 radical (unpaired) electrons. The molecule has 2 aromatic carbocycles. The Bertz CT molecular complexity index is 1330. The van der Waals surface area contributed by atoms with E-state index < -0.39 is 21.5 Å². The number of nitrogens with zero attached hydrogens (tertiary/aromatic N) is 2. The Morgan fingerprint density at radius 2 is 1.77 bits per heavy atom. The van der Waals surface area contributed by atoms with Crippen molar-refractivity contribution in [2.75, 3.05) is 30.3 Å². The lowest BCUT2D eigenvalue weighted by Crippen LogP contribution is -2.43. The number of sulfonamides is 1. The minimum absolute atomic E-state index is 0.0785. The fourth-order valence-electron chi connectivity index (χ4n) is 4.13. The summed E-state index contributed by atoms with van der Waals surface area (Å²) in [6.07, 6.45) is 2.80. The van der Waals surface area contributed by atoms with E-state index >= 15 is 0 Å². The van der Waals surface area contributed by atoms with Crippen LogP contribution in [0.25, 0.3) is 0 Å². The molecule has 1 aromatic heterocycles. The number of amides is 1. The number of halogens is 1. The summed E-state index contributed by atoms with van der Waals surface area (Å²) in [5.74, 6) is -0.613. The average molecular weight is 557 g/mol. The van der Waals surface area contributed by atoms with Gasteiger partial charge in [0.1, 0.15) is 17.3 Å². The van der Waals surface area contributed by atoms with Crippen LogP contribution in [0.3, 0.4) is 0 Å². The van der Waals surface area contributed by atoms with Crippen molar-refractivity contribution in [1.82, 2.24) is 10.3 Å². The van der Waals surface area contributed by atoms with Gasteiger partial charge in [-0.2, -0.15) is 0 Å². The Hall–Kier alpha value is -3.34. The molecule has 0 fully saturated rings. The molecule has 0 bridgehead atoms. The second kappa shape index (κ2) is 13.6. The Balaban J connectivity index is 1.75. The first-order chi connectivity index (χ1) is 18.5. The number of rotatable bonds is 14. The maximum absolute atomic E-state index is 13.1. The fraction of sp³-hybridized carbons (Fsp3) is 0.379. The van der Waals surface area contributed by atoms with Gasteiger partial charge < -0.3 is 15.8 Å². The van der Waals surface area contributed by atoms with E-state index in [0.29, 0.717) is 31.4 Å². The van der Waals surface area contributed by atoms with Gasteiger partial charge in [0.15, 0.2) is 0 Å². The van der Waals surface area contributed by atoms with Gasteiger partial charge in [-0.25, -0.2) is 17.8 Å². The van der Waals surface area contributed by atoms with E-state index in [1.54, 1.807) is 24.3 Å². The quantitative estimate of drug-likeness (QED) is 0.312. The lowest BCUT2D eigenvalue weighted by molar-refractivity contribution is 0.0789. The van der Waals surface area contributed by atoms with Crippen LogP contribution in [0.1, 0.15) is 47.4 Å². The number of benzene rings is 2. The maximum Gasteiger partial charge on any atom is 0.269 e. The van der Waals surface area contributed by atoms with Gasteiger partial charge in [-0.05, 0) is 67.1 Å². The molecule has 1 atom stereocenters. The first-order valence-electron chi connectivity index (χ1n) is 12.9. The summed E-state index contributed by atoms with van der Waals surface area (Å²) in [5.41, 5.74) is 8.49. The third kappa shape index (κ3) is 9.72. The minimum Gasteiger partial charge on any atom is -0.375 e. The Morgan fingerprint density at radius 3 is 2.41 bits per heavy atom. The van der Waals surface area contributed by atoms with Crippen molar-refractivity contribution >= 4 is 21.7 Å². The van der Waals surface area contributed by atoms with E-state index in [0.717, 1.165) is 17.4 Å². The van der Waals surface area contributed by atoms with Crippen LogP contribution in [0.2, 0.25) is 0 Å². The van der Waals surface area contributed by atoms with Crippen molar-refractivity contribution in [3.63, 3.8) is 0 Å². The van der Waals surface area contributed by atoms with E-state index in [1.807, 2.05) is 44.2 Å². The number of carbonyl (C=O) groups is 1. The largest absolute Gasteiger partial charge is 0.375 e. The minimum atomic E-state index is -3.63. The average Bonchev–Trinajstić information content (AvgIpc) is 2.87. The third-order valence-corrected chi connectivity index (χ3v) is 7.12. The van der Waals surface area contributed by atoms with Crippen LogP contribution < -0.4 is 15.4 Å². The van der Waals surface area contributed by atoms with E-state index in [-0.39, 0.29) is 37.1 Å². The molecule has 0 saturated heterocycles. The first-order valence-corrected chi connectivity index (χ1v) is 14.7. The van der Waals surface area contributed by atoms with Crippen LogP contribution in [0, 0.1) is 5.82 Å². The monoisotopic (exact) mass is 556 g/mol. The second-order valence-corrected chi connectivity index (χ2v) is 11.9. The Morgan fingerprint density at radius 1 is 1.08 bits per heavy atom. The Kier molecular flexibility index (Phi) is 10.6. The van der Waals surface area contributed by atoms with E-state index in [4.69, 9.17) is 10.5 Å². The number of hydrogen-bond acceptors (Lipinski definition) is 6. The SMILES string of the molecule is CCCN(c1cc(COCC(C)(N)Cc2ccccc2)cc(C(=O)NCCc2ccc(F)cc2)n1)S(C)(=O)=O. The zero-order valence-electron chi connectivity index (χ0n) is 22.7. The van der Waals surface area contributed by atoms with E-state index in [1.165, 1.54) is 16.4 Å². The summed E-state index contributed by atoms with van der Waals surface area (Å²) in [7, 11) is -3.63. The fourth-order valence-corrected chi connectivity index (χ4v) is 5.08. The van der Waals surface area contributed by atoms with Gasteiger partial charge in [0.25, 0.3) is 5.91 Å². The highest BCUT2D eigenvalue weighted by atomic mass is 32.2. The number of nitrogens with two attached hydrogens (primary N) is 1. The van der Waals surface area contributed by atoms with Gasteiger partial charge >= 0.3 is 0 Å². The molecule has 0 aliphatic heterocycles. The number of ether oxygens (including phenoxy) is 1. The summed E-state index contributed by atoms with van der Waals surface area (Å²) in [4.78, 5) is 17.4. The molecule has 10 heteroatoms. The number of nitrogens with one attached hydrogen (secondary N) is 1. The molecule has 3 rings (SSSR count). The molecule has 8 nitrogen and oxygen atoms in total. The number of hydrogen-bond donors (Lipinski definition) is 2. The molecule has 0 saturated carbocycles. The van der Waals surface area contributed by atoms with Crippen LogP contribution in [0.4, 0.5) is 10.2 Å². The number of carbonyl (C=O) groups excluding carboxylic acids is 1. The molecule has 0 spiro atoms. The number of aromatic nitrogens is 1. The van der Waals surface area contributed by atoms with Crippen LogP contribution in [-0.4, -0.2) is 50.8 Å². The second-order valence-electron chi connectivity index (χ2n) is 10.00. The summed E-state index contributed by atoms with van der Waals surface area (Å²) in [6.45, 7) is 4.67. The summed E-state index contributed by atoms with van der Waals surface area (Å²) in [6, 6.07) is 19.2. The topological polar surface area (TPSA) is 115 Å².